The lowest BCUT2D eigenvalue weighted by Crippen LogP contribution is -2.49. The summed E-state index contributed by atoms with van der Waals surface area (Å²) >= 11 is 0. The van der Waals surface area contributed by atoms with E-state index in [-0.39, 0.29) is 27.8 Å². The highest BCUT2D eigenvalue weighted by Gasteiger charge is 2.43. The Bertz CT molecular complexity index is 1390. The van der Waals surface area contributed by atoms with Crippen LogP contribution in [0.15, 0.2) is 42.7 Å². The number of piperidine rings is 1. The lowest BCUT2D eigenvalue weighted by atomic mass is 9.75. The second-order valence-corrected chi connectivity index (χ2v) is 11.4. The zero-order valence-corrected chi connectivity index (χ0v) is 22.6. The molecule has 2 aromatic carbocycles. The van der Waals surface area contributed by atoms with Gasteiger partial charge in [-0.15, -0.1) is 10.2 Å². The Balaban J connectivity index is 0.00000323. The van der Waals surface area contributed by atoms with Gasteiger partial charge in [0.1, 0.15) is 12.2 Å². The molecule has 0 spiro atoms. The van der Waals surface area contributed by atoms with Crippen molar-refractivity contribution in [2.75, 3.05) is 31.2 Å². The molecule has 11 heteroatoms. The molecule has 4 heterocycles. The van der Waals surface area contributed by atoms with Gasteiger partial charge in [-0.25, -0.2) is 0 Å². The number of alkyl halides is 3. The first-order valence-corrected chi connectivity index (χ1v) is 13.4. The molecule has 2 saturated heterocycles. The maximum atomic E-state index is 14.2. The molecule has 1 atom stereocenters. The van der Waals surface area contributed by atoms with Crippen molar-refractivity contribution in [1.82, 2.24) is 19.7 Å². The van der Waals surface area contributed by atoms with E-state index >= 15 is 0 Å². The van der Waals surface area contributed by atoms with Crippen molar-refractivity contribution in [2.45, 2.75) is 50.9 Å². The first-order valence-electron chi connectivity index (χ1n) is 13.4. The predicted octanol–water partition coefficient (Wildman–Crippen LogP) is 4.89. The Morgan fingerprint density at radius 3 is 2.50 bits per heavy atom. The smallest absolute Gasteiger partial charge is 0.379 e. The van der Waals surface area contributed by atoms with Crippen molar-refractivity contribution < 1.29 is 27.4 Å². The molecule has 7 nitrogen and oxygen atoms in total. The number of halogens is 4. The van der Waals surface area contributed by atoms with Gasteiger partial charge in [-0.2, -0.15) is 13.2 Å². The van der Waals surface area contributed by atoms with Gasteiger partial charge in [-0.3, -0.25) is 14.4 Å². The molecule has 6 rings (SSSR count). The zero-order valence-electron chi connectivity index (χ0n) is 22.6. The van der Waals surface area contributed by atoms with E-state index in [2.05, 4.69) is 22.0 Å². The maximum Gasteiger partial charge on any atom is 0.416 e. The van der Waals surface area contributed by atoms with Gasteiger partial charge in [-0.1, -0.05) is 19.1 Å². The first-order chi connectivity index (χ1) is 18.6. The number of carbonyl (C=O) groups excluding carboxylic acids is 1. The largest absolute Gasteiger partial charge is 0.416 e. The predicted molar refractivity (Wildman–Crippen MR) is 142 cm³/mol. The SMILES string of the molecule is C[12C@@H]1CCN(Cc2cc3c(c(C(F)(F)F)c2)CN(c2cccc(C4(Cc5nncn5C)COC4)c2)C3=O)C[12CH2]1.F. The number of carbonyl (C=O) groups is 1. The van der Waals surface area contributed by atoms with Gasteiger partial charge in [0, 0.05) is 36.7 Å². The number of likely N-dealkylation sites (tertiary alicyclic amines) is 1. The molecule has 3 aliphatic rings. The number of nitrogens with zero attached hydrogens (tertiary/aromatic N) is 5. The summed E-state index contributed by atoms with van der Waals surface area (Å²) in [6.07, 6.45) is -0.222. The molecule has 0 aliphatic carbocycles. The van der Waals surface area contributed by atoms with Crippen LogP contribution in [0.25, 0.3) is 0 Å². The van der Waals surface area contributed by atoms with Gasteiger partial charge >= 0.3 is 6.18 Å². The average molecular weight is 560 g/mol. The van der Waals surface area contributed by atoms with E-state index in [0.29, 0.717) is 43.3 Å². The van der Waals surface area contributed by atoms with Crippen molar-refractivity contribution in [3.63, 3.8) is 0 Å². The van der Waals surface area contributed by atoms with E-state index in [4.69, 9.17) is 4.74 Å². The number of hydrogen-bond donors (Lipinski definition) is 0. The minimum atomic E-state index is -4.54. The van der Waals surface area contributed by atoms with Crippen LogP contribution in [0, 0.1) is 5.92 Å². The van der Waals surface area contributed by atoms with Crippen molar-refractivity contribution in [2.24, 2.45) is 13.0 Å². The third kappa shape index (κ3) is 5.12. The van der Waals surface area contributed by atoms with Gasteiger partial charge < -0.3 is 14.2 Å². The molecule has 3 aromatic rings. The summed E-state index contributed by atoms with van der Waals surface area (Å²) in [4.78, 5) is 17.3. The lowest BCUT2D eigenvalue weighted by Gasteiger charge is -2.42. The molecule has 1 amide bonds. The molecular formula is C29H33F4N5O2. The number of anilines is 1. The van der Waals surface area contributed by atoms with E-state index in [1.807, 2.05) is 29.8 Å². The van der Waals surface area contributed by atoms with Crippen molar-refractivity contribution in [1.29, 1.82) is 0 Å². The van der Waals surface area contributed by atoms with Crippen LogP contribution in [0.5, 0.6) is 0 Å². The van der Waals surface area contributed by atoms with Gasteiger partial charge in [0.25, 0.3) is 5.91 Å². The van der Waals surface area contributed by atoms with Gasteiger partial charge in [-0.05, 0) is 72.8 Å². The fourth-order valence-electron chi connectivity index (χ4n) is 5.99. The van der Waals surface area contributed by atoms with E-state index < -0.39 is 17.6 Å². The summed E-state index contributed by atoms with van der Waals surface area (Å²) in [7, 11) is 1.89. The summed E-state index contributed by atoms with van der Waals surface area (Å²) in [6, 6.07) is 10.4. The molecule has 1 aromatic heterocycles. The van der Waals surface area contributed by atoms with E-state index in [0.717, 1.165) is 37.3 Å². The van der Waals surface area contributed by atoms with Crippen LogP contribution < -0.4 is 4.90 Å². The van der Waals surface area contributed by atoms with Crippen LogP contribution >= 0.6 is 0 Å². The Labute approximate surface area is 230 Å². The highest BCUT2D eigenvalue weighted by atomic mass is 19.4. The van der Waals surface area contributed by atoms with E-state index in [1.54, 1.807) is 18.5 Å². The van der Waals surface area contributed by atoms with Crippen molar-refractivity contribution in [3.8, 4) is 0 Å². The van der Waals surface area contributed by atoms with Crippen LogP contribution in [-0.4, -0.2) is 51.9 Å². The maximum absolute atomic E-state index is 14.2. The molecule has 2 fully saturated rings. The minimum absolute atomic E-state index is 0. The molecule has 0 radical (unpaired) electrons. The summed E-state index contributed by atoms with van der Waals surface area (Å²) in [5.74, 6) is 1.05. The quantitative estimate of drug-likeness (QED) is 0.403. The molecule has 214 valence electrons. The Hall–Kier alpha value is -3.31. The molecule has 0 N–H and O–H groups in total. The summed E-state index contributed by atoms with van der Waals surface area (Å²) in [5.41, 5.74) is 1.24. The number of aryl methyl sites for hydroxylation is 1. The number of aromatic nitrogens is 3. The third-order valence-electron chi connectivity index (χ3n) is 8.52. The Morgan fingerprint density at radius 1 is 1.12 bits per heavy atom. The Kier molecular flexibility index (Phi) is 7.47. The number of benzene rings is 2. The van der Waals surface area contributed by atoms with Crippen LogP contribution in [0.3, 0.4) is 0 Å². The molecule has 0 bridgehead atoms. The zero-order chi connectivity index (χ0) is 27.4. The molecule has 3 aliphatic heterocycles. The second kappa shape index (κ2) is 10.6. The van der Waals surface area contributed by atoms with Crippen molar-refractivity contribution >= 4 is 11.6 Å². The third-order valence-corrected chi connectivity index (χ3v) is 8.52. The molecule has 0 saturated carbocycles. The van der Waals surface area contributed by atoms with Gasteiger partial charge in [0.05, 0.1) is 25.3 Å². The van der Waals surface area contributed by atoms with Gasteiger partial charge in [0.2, 0.25) is 0 Å². The second-order valence-electron chi connectivity index (χ2n) is 11.4. The van der Waals surface area contributed by atoms with Crippen LogP contribution in [0.1, 0.15) is 58.2 Å². The summed E-state index contributed by atoms with van der Waals surface area (Å²) in [5, 5.41) is 8.19. The number of fused-ring (bicyclic) bond motifs is 1. The average Bonchev–Trinajstić information content (AvgIpc) is 3.44. The van der Waals surface area contributed by atoms with E-state index in [1.165, 1.54) is 11.0 Å². The van der Waals surface area contributed by atoms with Gasteiger partial charge in [0.15, 0.2) is 0 Å². The van der Waals surface area contributed by atoms with Crippen LogP contribution in [0.2, 0.25) is 0 Å². The van der Waals surface area contributed by atoms with Crippen molar-refractivity contribution in [3.05, 3.63) is 76.4 Å². The lowest BCUT2D eigenvalue weighted by molar-refractivity contribution is -0.138. The fourth-order valence-corrected chi connectivity index (χ4v) is 5.99. The molecule has 0 unspecified atom stereocenters. The van der Waals surface area contributed by atoms with E-state index in [9.17, 15) is 18.0 Å². The fraction of sp³-hybridized carbons (Fsp3) is 0.483. The number of amides is 1. The van der Waals surface area contributed by atoms with Crippen LogP contribution in [0.4, 0.5) is 23.6 Å². The monoisotopic (exact) mass is 559 g/mol. The minimum Gasteiger partial charge on any atom is -0.379 e. The standard InChI is InChI=1S/C29H32F3N5O2.FH/c1-19-6-8-36(9-7-19)14-20-10-23-24(25(11-20)29(30,31)32)15-37(27(23)38)22-5-3-4-21(12-22)28(16-39-17-28)13-26-34-33-18-35(26)2;/h3-5,10-12,18-19H,6-9,13-17H2,1-2H3;1H/i6+0,19+0;/t19-;/m0./s1. The first kappa shape index (κ1) is 28.2. The molecular weight excluding hydrogens is 526 g/mol. The summed E-state index contributed by atoms with van der Waals surface area (Å²) < 4.78 is 50.1. The highest BCUT2D eigenvalue weighted by molar-refractivity contribution is 6.10. The summed E-state index contributed by atoms with van der Waals surface area (Å²) in [6.45, 7) is 5.20. The normalized spacial score (nSPS) is 20.7. The Morgan fingerprint density at radius 2 is 1.88 bits per heavy atom. The highest BCUT2D eigenvalue weighted by Crippen LogP contribution is 2.42. The number of rotatable bonds is 6. The molecule has 40 heavy (non-hydrogen) atoms. The number of hydrogen-bond acceptors (Lipinski definition) is 5. The number of ether oxygens (including phenoxy) is 1. The topological polar surface area (TPSA) is 63.5 Å². The van der Waals surface area contributed by atoms with Crippen LogP contribution in [-0.2, 0) is 42.9 Å².